The van der Waals surface area contributed by atoms with Gasteiger partial charge in [-0.05, 0) is 36.5 Å². The van der Waals surface area contributed by atoms with Crippen LogP contribution in [0.2, 0.25) is 0 Å². The summed E-state index contributed by atoms with van der Waals surface area (Å²) in [6.07, 6.45) is -0.434. The fourth-order valence-corrected chi connectivity index (χ4v) is 3.36. The lowest BCUT2D eigenvalue weighted by atomic mass is 9.71. The molecule has 6 heteroatoms. The van der Waals surface area contributed by atoms with E-state index < -0.39 is 30.0 Å². The highest BCUT2D eigenvalue weighted by atomic mass is 19.4. The number of pyridine rings is 1. The molecule has 118 valence electrons. The van der Waals surface area contributed by atoms with E-state index in [1.54, 1.807) is 24.5 Å². The van der Waals surface area contributed by atoms with E-state index in [4.69, 9.17) is 5.73 Å². The molecule has 0 spiro atoms. The molecule has 0 radical (unpaired) electrons. The molecule has 1 aromatic heterocycles. The lowest BCUT2D eigenvalue weighted by molar-refractivity contribution is -0.207. The van der Waals surface area contributed by atoms with Gasteiger partial charge in [0, 0.05) is 24.9 Å². The second-order valence-corrected chi connectivity index (χ2v) is 5.71. The Morgan fingerprint density at radius 2 is 1.86 bits per heavy atom. The fraction of sp³-hybridized carbons (Fsp3) is 0.667. The number of nitrogens with two attached hydrogens (primary N) is 1. The second-order valence-electron chi connectivity index (χ2n) is 5.71. The highest BCUT2D eigenvalue weighted by Gasteiger charge is 2.48. The van der Waals surface area contributed by atoms with Gasteiger partial charge < -0.3 is 10.8 Å². The van der Waals surface area contributed by atoms with Crippen molar-refractivity contribution in [3.05, 3.63) is 30.1 Å². The third kappa shape index (κ3) is 3.74. The predicted molar refractivity (Wildman–Crippen MR) is 73.5 cm³/mol. The number of rotatable bonds is 4. The Kier molecular flexibility index (Phi) is 5.22. The lowest BCUT2D eigenvalue weighted by Gasteiger charge is -2.38. The van der Waals surface area contributed by atoms with Gasteiger partial charge in [0.1, 0.15) is 0 Å². The summed E-state index contributed by atoms with van der Waals surface area (Å²) < 4.78 is 39.5. The Labute approximate surface area is 122 Å². The standard InChI is InChI=1S/C15H21F3N2O/c16-15(17,18)13-4-2-1-3-11(13)14(21)12(9-19)10-5-7-20-8-6-10/h5-8,11-14,21H,1-4,9,19H2. The van der Waals surface area contributed by atoms with Gasteiger partial charge in [0.15, 0.2) is 0 Å². The summed E-state index contributed by atoms with van der Waals surface area (Å²) in [4.78, 5) is 3.89. The smallest absolute Gasteiger partial charge is 0.392 e. The summed E-state index contributed by atoms with van der Waals surface area (Å²) in [6, 6.07) is 3.40. The zero-order valence-corrected chi connectivity index (χ0v) is 11.8. The number of halogens is 3. The molecule has 2 rings (SSSR count). The van der Waals surface area contributed by atoms with Crippen LogP contribution in [0.4, 0.5) is 13.2 Å². The average Bonchev–Trinajstić information content (AvgIpc) is 2.48. The molecule has 21 heavy (non-hydrogen) atoms. The Bertz CT molecular complexity index is 438. The SMILES string of the molecule is NCC(c1ccncc1)C(O)C1CCCCC1C(F)(F)F. The molecule has 1 aromatic rings. The Balaban J connectivity index is 2.21. The first-order valence-corrected chi connectivity index (χ1v) is 7.30. The van der Waals surface area contributed by atoms with Gasteiger partial charge in [-0.15, -0.1) is 0 Å². The van der Waals surface area contributed by atoms with Crippen LogP contribution in [0.25, 0.3) is 0 Å². The molecular weight excluding hydrogens is 281 g/mol. The number of alkyl halides is 3. The molecule has 1 fully saturated rings. The molecule has 1 aliphatic carbocycles. The van der Waals surface area contributed by atoms with Gasteiger partial charge in [-0.3, -0.25) is 4.98 Å². The van der Waals surface area contributed by atoms with E-state index in [1.807, 2.05) is 0 Å². The van der Waals surface area contributed by atoms with Crippen molar-refractivity contribution in [1.82, 2.24) is 4.98 Å². The predicted octanol–water partition coefficient (Wildman–Crippen LogP) is 2.85. The van der Waals surface area contributed by atoms with Gasteiger partial charge in [-0.2, -0.15) is 13.2 Å². The van der Waals surface area contributed by atoms with Gasteiger partial charge in [0.25, 0.3) is 0 Å². The van der Waals surface area contributed by atoms with Crippen molar-refractivity contribution >= 4 is 0 Å². The molecule has 0 saturated heterocycles. The van der Waals surface area contributed by atoms with E-state index in [0.29, 0.717) is 12.8 Å². The highest BCUT2D eigenvalue weighted by molar-refractivity contribution is 5.18. The maximum absolute atomic E-state index is 13.2. The number of hydrogen-bond acceptors (Lipinski definition) is 3. The molecule has 0 aliphatic heterocycles. The summed E-state index contributed by atoms with van der Waals surface area (Å²) >= 11 is 0. The van der Waals surface area contributed by atoms with E-state index in [0.717, 1.165) is 12.0 Å². The van der Waals surface area contributed by atoms with Crippen LogP contribution in [0.5, 0.6) is 0 Å². The maximum atomic E-state index is 13.2. The van der Waals surface area contributed by atoms with E-state index >= 15 is 0 Å². The molecule has 1 saturated carbocycles. The summed E-state index contributed by atoms with van der Waals surface area (Å²) in [5.74, 6) is -2.70. The quantitative estimate of drug-likeness (QED) is 0.899. The molecule has 4 atom stereocenters. The minimum absolute atomic E-state index is 0.0961. The van der Waals surface area contributed by atoms with Gasteiger partial charge in [-0.25, -0.2) is 0 Å². The first kappa shape index (κ1) is 16.2. The average molecular weight is 302 g/mol. The number of aliphatic hydroxyl groups excluding tert-OH is 1. The van der Waals surface area contributed by atoms with E-state index in [1.165, 1.54) is 0 Å². The minimum Gasteiger partial charge on any atom is -0.392 e. The van der Waals surface area contributed by atoms with Gasteiger partial charge in [-0.1, -0.05) is 12.8 Å². The monoisotopic (exact) mass is 302 g/mol. The first-order chi connectivity index (χ1) is 9.95. The van der Waals surface area contributed by atoms with Crippen LogP contribution < -0.4 is 5.73 Å². The van der Waals surface area contributed by atoms with Crippen LogP contribution in [0.3, 0.4) is 0 Å². The van der Waals surface area contributed by atoms with Crippen molar-refractivity contribution in [3.8, 4) is 0 Å². The van der Waals surface area contributed by atoms with Gasteiger partial charge in [0.2, 0.25) is 0 Å². The Morgan fingerprint density at radius 3 is 2.43 bits per heavy atom. The van der Waals surface area contributed by atoms with E-state index in [2.05, 4.69) is 4.98 Å². The highest BCUT2D eigenvalue weighted by Crippen LogP contribution is 2.45. The number of hydrogen-bond donors (Lipinski definition) is 2. The summed E-state index contributed by atoms with van der Waals surface area (Å²) in [6.45, 7) is 0.117. The third-order valence-corrected chi connectivity index (χ3v) is 4.48. The molecule has 1 aliphatic rings. The van der Waals surface area contributed by atoms with Crippen molar-refractivity contribution < 1.29 is 18.3 Å². The van der Waals surface area contributed by atoms with Gasteiger partial charge in [0.05, 0.1) is 12.0 Å². The largest absolute Gasteiger partial charge is 0.392 e. The van der Waals surface area contributed by atoms with Crippen LogP contribution in [0.15, 0.2) is 24.5 Å². The maximum Gasteiger partial charge on any atom is 0.392 e. The van der Waals surface area contributed by atoms with Crippen LogP contribution in [-0.2, 0) is 0 Å². The van der Waals surface area contributed by atoms with Crippen LogP contribution in [0, 0.1) is 11.8 Å². The Morgan fingerprint density at radius 1 is 1.24 bits per heavy atom. The molecule has 4 unspecified atom stereocenters. The second kappa shape index (κ2) is 6.75. The zero-order chi connectivity index (χ0) is 15.5. The van der Waals surface area contributed by atoms with Crippen molar-refractivity contribution in [3.63, 3.8) is 0 Å². The molecule has 0 bridgehead atoms. The van der Waals surface area contributed by atoms with Crippen molar-refractivity contribution in [2.45, 2.75) is 43.9 Å². The van der Waals surface area contributed by atoms with Crippen molar-refractivity contribution in [2.75, 3.05) is 6.54 Å². The van der Waals surface area contributed by atoms with Gasteiger partial charge >= 0.3 is 6.18 Å². The third-order valence-electron chi connectivity index (χ3n) is 4.48. The summed E-state index contributed by atoms with van der Waals surface area (Å²) in [7, 11) is 0. The summed E-state index contributed by atoms with van der Waals surface area (Å²) in [5, 5.41) is 10.5. The zero-order valence-electron chi connectivity index (χ0n) is 11.8. The normalized spacial score (nSPS) is 26.3. The first-order valence-electron chi connectivity index (χ1n) is 7.30. The van der Waals surface area contributed by atoms with Crippen LogP contribution in [0.1, 0.15) is 37.2 Å². The summed E-state index contributed by atoms with van der Waals surface area (Å²) in [5.41, 5.74) is 6.45. The Hall–Kier alpha value is -1.14. The number of nitrogens with zero attached hydrogens (tertiary/aromatic N) is 1. The fourth-order valence-electron chi connectivity index (χ4n) is 3.36. The topological polar surface area (TPSA) is 59.1 Å². The molecule has 3 N–H and O–H groups in total. The van der Waals surface area contributed by atoms with Crippen molar-refractivity contribution in [1.29, 1.82) is 0 Å². The molecule has 3 nitrogen and oxygen atoms in total. The van der Waals surface area contributed by atoms with E-state index in [-0.39, 0.29) is 13.0 Å². The number of aromatic nitrogens is 1. The van der Waals surface area contributed by atoms with Crippen LogP contribution >= 0.6 is 0 Å². The minimum atomic E-state index is -4.26. The molecule has 1 heterocycles. The lowest BCUT2D eigenvalue weighted by Crippen LogP contribution is -2.43. The molecular formula is C15H21F3N2O. The number of aliphatic hydroxyl groups is 1. The molecule has 0 aromatic carbocycles. The molecule has 0 amide bonds. The van der Waals surface area contributed by atoms with E-state index in [9.17, 15) is 18.3 Å². The van der Waals surface area contributed by atoms with Crippen LogP contribution in [-0.4, -0.2) is 28.9 Å². The van der Waals surface area contributed by atoms with Crippen molar-refractivity contribution in [2.24, 2.45) is 17.6 Å².